The molecule has 0 heterocycles. The minimum Gasteiger partial charge on any atom is -0.449 e. The quantitative estimate of drug-likeness (QED) is 0.507. The molecule has 0 saturated heterocycles. The molecule has 2 radical (unpaired) electrons. The molecule has 0 amide bonds. The summed E-state index contributed by atoms with van der Waals surface area (Å²) in [5, 5.41) is 7.53. The minimum absolute atomic E-state index is 0. The SMILES string of the molecule is O=C(O)OP(=O)(O)O.[La].[La]. The number of carbonyl (C=O) groups is 1. The van der Waals surface area contributed by atoms with Crippen molar-refractivity contribution >= 4 is 14.0 Å². The van der Waals surface area contributed by atoms with Gasteiger partial charge >= 0.3 is 14.0 Å². The van der Waals surface area contributed by atoms with Crippen LogP contribution in [0, 0.1) is 71.2 Å². The molecule has 3 N–H and O–H groups in total. The van der Waals surface area contributed by atoms with Gasteiger partial charge < -0.3 is 9.63 Å². The van der Waals surface area contributed by atoms with Crippen molar-refractivity contribution in [3.05, 3.63) is 0 Å². The Labute approximate surface area is 112 Å². The molecular formula is CH3La2O6P. The molecule has 0 aromatic rings. The first-order chi connectivity index (χ1) is 3.42. The molecule has 0 spiro atoms. The Morgan fingerprint density at radius 2 is 1.60 bits per heavy atom. The predicted molar refractivity (Wildman–Crippen MR) is 21.2 cm³/mol. The van der Waals surface area contributed by atoms with Gasteiger partial charge in [-0.25, -0.2) is 9.36 Å². The predicted octanol–water partition coefficient (Wildman–Crippen LogP) is -0.226. The first-order valence-electron chi connectivity index (χ1n) is 1.40. The molecule has 6 nitrogen and oxygen atoms in total. The van der Waals surface area contributed by atoms with E-state index in [0.29, 0.717) is 0 Å². The summed E-state index contributed by atoms with van der Waals surface area (Å²) in [6, 6.07) is 0. The molecule has 0 atom stereocenters. The van der Waals surface area contributed by atoms with Gasteiger partial charge in [-0.1, -0.05) is 0 Å². The largest absolute Gasteiger partial charge is 0.529 e. The molecule has 10 heavy (non-hydrogen) atoms. The van der Waals surface area contributed by atoms with Gasteiger partial charge in [0.1, 0.15) is 0 Å². The molecule has 0 saturated carbocycles. The van der Waals surface area contributed by atoms with E-state index in [9.17, 15) is 9.36 Å². The summed E-state index contributed by atoms with van der Waals surface area (Å²) >= 11 is 0. The Morgan fingerprint density at radius 1 is 1.30 bits per heavy atom. The van der Waals surface area contributed by atoms with Crippen molar-refractivity contribution in [1.82, 2.24) is 0 Å². The molecule has 54 valence electrons. The van der Waals surface area contributed by atoms with E-state index in [2.05, 4.69) is 4.52 Å². The van der Waals surface area contributed by atoms with Crippen LogP contribution in [-0.4, -0.2) is 21.0 Å². The fourth-order valence-electron chi connectivity index (χ4n) is 0.102. The summed E-state index contributed by atoms with van der Waals surface area (Å²) in [7, 11) is -4.82. The van der Waals surface area contributed by atoms with Crippen LogP contribution >= 0.6 is 7.82 Å². The van der Waals surface area contributed by atoms with Crippen molar-refractivity contribution in [2.24, 2.45) is 0 Å². The van der Waals surface area contributed by atoms with Crippen molar-refractivity contribution in [3.8, 4) is 0 Å². The molecule has 0 unspecified atom stereocenters. The monoisotopic (exact) mass is 420 g/mol. The van der Waals surface area contributed by atoms with Crippen molar-refractivity contribution < 1.29 is 100.0 Å². The third-order valence-corrected chi connectivity index (χ3v) is 0.591. The fourth-order valence-corrected chi connectivity index (χ4v) is 0.305. The summed E-state index contributed by atoms with van der Waals surface area (Å²) in [4.78, 5) is 24.7. The van der Waals surface area contributed by atoms with E-state index in [-0.39, 0.29) is 71.2 Å². The topological polar surface area (TPSA) is 104 Å². The summed E-state index contributed by atoms with van der Waals surface area (Å²) in [5.41, 5.74) is 0. The molecule has 0 aromatic heterocycles. The van der Waals surface area contributed by atoms with Gasteiger partial charge in [0.25, 0.3) is 0 Å². The second-order valence-electron chi connectivity index (χ2n) is 0.848. The normalized spacial score (nSPS) is 8.60. The number of hydrogen-bond donors (Lipinski definition) is 3. The van der Waals surface area contributed by atoms with E-state index < -0.39 is 14.0 Å². The van der Waals surface area contributed by atoms with Crippen molar-refractivity contribution in [2.75, 3.05) is 0 Å². The Balaban J connectivity index is -0.000000245. The van der Waals surface area contributed by atoms with Gasteiger partial charge in [0.05, 0.1) is 0 Å². The van der Waals surface area contributed by atoms with Crippen LogP contribution in [0.1, 0.15) is 0 Å². The molecule has 0 aliphatic rings. The smallest absolute Gasteiger partial charge is 0.449 e. The minimum atomic E-state index is -4.82. The third kappa shape index (κ3) is 16.4. The molecule has 0 bridgehead atoms. The maximum atomic E-state index is 9.53. The molecule has 0 aliphatic carbocycles. The zero-order valence-corrected chi connectivity index (χ0v) is 12.8. The number of carboxylic acid groups (broad SMARTS) is 1. The van der Waals surface area contributed by atoms with Crippen molar-refractivity contribution in [3.63, 3.8) is 0 Å². The van der Waals surface area contributed by atoms with Gasteiger partial charge in [0.15, 0.2) is 0 Å². The van der Waals surface area contributed by atoms with Crippen LogP contribution in [0.3, 0.4) is 0 Å². The van der Waals surface area contributed by atoms with E-state index >= 15 is 0 Å². The van der Waals surface area contributed by atoms with Crippen molar-refractivity contribution in [2.45, 2.75) is 0 Å². The average molecular weight is 420 g/mol. The maximum Gasteiger partial charge on any atom is 0.529 e. The fraction of sp³-hybridized carbons (Fsp3) is 0. The third-order valence-electron chi connectivity index (χ3n) is 0.197. The Kier molecular flexibility index (Phi) is 13.3. The van der Waals surface area contributed by atoms with Crippen LogP contribution < -0.4 is 0 Å². The number of rotatable bonds is 1. The van der Waals surface area contributed by atoms with E-state index in [1.807, 2.05) is 0 Å². The number of phosphoric acid groups is 1. The second kappa shape index (κ2) is 7.46. The zero-order chi connectivity index (χ0) is 6.78. The summed E-state index contributed by atoms with van der Waals surface area (Å²) < 4.78 is 12.6. The maximum absolute atomic E-state index is 9.53. The molecule has 9 heteroatoms. The number of hydrogen-bond acceptors (Lipinski definition) is 3. The van der Waals surface area contributed by atoms with Crippen LogP contribution in [0.4, 0.5) is 4.79 Å². The van der Waals surface area contributed by atoms with Gasteiger partial charge in [-0.2, -0.15) is 0 Å². The van der Waals surface area contributed by atoms with Gasteiger partial charge in [-0.15, -0.1) is 0 Å². The van der Waals surface area contributed by atoms with Crippen LogP contribution in [0.5, 0.6) is 0 Å². The molecule has 0 aliphatic heterocycles. The van der Waals surface area contributed by atoms with E-state index in [1.165, 1.54) is 0 Å². The molecule has 0 aromatic carbocycles. The molecule has 0 rings (SSSR count). The van der Waals surface area contributed by atoms with Gasteiger partial charge in [-0.3, -0.25) is 9.79 Å². The Bertz CT molecular complexity index is 139. The van der Waals surface area contributed by atoms with Crippen LogP contribution in [0.15, 0.2) is 0 Å². The van der Waals surface area contributed by atoms with E-state index in [4.69, 9.17) is 14.9 Å². The molecular weight excluding hydrogens is 417 g/mol. The Morgan fingerprint density at radius 3 is 1.60 bits per heavy atom. The summed E-state index contributed by atoms with van der Waals surface area (Å²) in [6.07, 6.45) is -1.99. The summed E-state index contributed by atoms with van der Waals surface area (Å²) in [6.45, 7) is 0. The Hall–Kier alpha value is 1.81. The van der Waals surface area contributed by atoms with Crippen LogP contribution in [0.25, 0.3) is 0 Å². The van der Waals surface area contributed by atoms with Gasteiger partial charge in [-0.05, 0) is 0 Å². The van der Waals surface area contributed by atoms with Crippen molar-refractivity contribution in [1.29, 1.82) is 0 Å². The molecule has 0 fully saturated rings. The average Bonchev–Trinajstić information content (AvgIpc) is 1.21. The second-order valence-corrected chi connectivity index (χ2v) is 2.01. The van der Waals surface area contributed by atoms with E-state index in [0.717, 1.165) is 0 Å². The van der Waals surface area contributed by atoms with E-state index in [1.54, 1.807) is 0 Å². The zero-order valence-electron chi connectivity index (χ0n) is 4.67. The first-order valence-corrected chi connectivity index (χ1v) is 2.93. The van der Waals surface area contributed by atoms with Gasteiger partial charge in [0, 0.05) is 71.2 Å². The van der Waals surface area contributed by atoms with Gasteiger partial charge in [0.2, 0.25) is 0 Å². The van der Waals surface area contributed by atoms with Crippen LogP contribution in [-0.2, 0) is 9.09 Å². The summed E-state index contributed by atoms with van der Waals surface area (Å²) in [5.74, 6) is 0. The first kappa shape index (κ1) is 17.8. The number of phosphoric ester groups is 1. The standard InChI is InChI=1S/CH3O6P.2La/c2-1(3)7-8(4,5)6;;/h(H,2,3)(H2,4,5,6);;. The van der Waals surface area contributed by atoms with Crippen LogP contribution in [0.2, 0.25) is 0 Å².